The van der Waals surface area contributed by atoms with Gasteiger partial charge in [0.25, 0.3) is 11.3 Å². The van der Waals surface area contributed by atoms with E-state index >= 15 is 0 Å². The first kappa shape index (κ1) is 49.5. The smallest absolute Gasteiger partial charge is 0.375 e. The number of morpholine rings is 2. The number of oxime groups is 1. The molecular weight excluding hydrogens is 913 g/mol. The number of carbonyl (C=O) groups is 5. The van der Waals surface area contributed by atoms with E-state index in [9.17, 15) is 37.2 Å². The molecule has 67 heavy (non-hydrogen) atoms. The maximum Gasteiger partial charge on any atom is 0.375 e. The SMILES string of the molecule is CCOC(=O)CC1(C(=O)OCC)N=C2N(CCOC23CC3)O1.CCOC(=O)CC1(C(=O)OCC)ON=C2N1CCOC21CC1.CCOC(=O)c1nc2n(c(=O)c1OS(C)(=O)=O)CCOC21CC1. The van der Waals surface area contributed by atoms with E-state index in [2.05, 4.69) is 15.1 Å². The van der Waals surface area contributed by atoms with Crippen molar-refractivity contribution in [1.29, 1.82) is 0 Å². The molecule has 0 aromatic carbocycles. The number of aromatic nitrogens is 2. The molecule has 1 aromatic rings. The largest absolute Gasteiger partial charge is 0.466 e. The minimum atomic E-state index is -4.00. The second kappa shape index (κ2) is 19.3. The minimum Gasteiger partial charge on any atom is -0.466 e. The number of amidine groups is 2. The Kier molecular flexibility index (Phi) is 14.2. The second-order valence-electron chi connectivity index (χ2n) is 16.4. The summed E-state index contributed by atoms with van der Waals surface area (Å²) < 4.78 is 71.0. The molecule has 2 atom stereocenters. The Hall–Kier alpha value is -5.44. The van der Waals surface area contributed by atoms with Gasteiger partial charge in [-0.05, 0) is 73.1 Å². The highest BCUT2D eigenvalue weighted by Crippen LogP contribution is 2.51. The van der Waals surface area contributed by atoms with Crippen LogP contribution in [-0.2, 0) is 89.0 Å². The minimum absolute atomic E-state index is 0.0545. The maximum absolute atomic E-state index is 12.6. The van der Waals surface area contributed by atoms with Crippen LogP contribution < -0.4 is 9.74 Å². The van der Waals surface area contributed by atoms with Crippen molar-refractivity contribution in [1.82, 2.24) is 19.5 Å². The van der Waals surface area contributed by atoms with Crippen LogP contribution in [0.5, 0.6) is 5.75 Å². The van der Waals surface area contributed by atoms with E-state index in [0.717, 1.165) is 31.9 Å². The van der Waals surface area contributed by atoms with Crippen LogP contribution in [0.3, 0.4) is 0 Å². The van der Waals surface area contributed by atoms with E-state index in [0.29, 0.717) is 63.2 Å². The molecule has 6 heterocycles. The fraction of sp³-hybridized carbons (Fsp3) is 0.732. The van der Waals surface area contributed by atoms with Crippen LogP contribution in [0.1, 0.15) is 102 Å². The van der Waals surface area contributed by atoms with Gasteiger partial charge in [0, 0.05) is 6.54 Å². The van der Waals surface area contributed by atoms with Gasteiger partial charge in [-0.1, -0.05) is 5.16 Å². The summed E-state index contributed by atoms with van der Waals surface area (Å²) >= 11 is 0. The summed E-state index contributed by atoms with van der Waals surface area (Å²) in [5, 5.41) is 5.61. The van der Waals surface area contributed by atoms with Crippen LogP contribution in [0, 0.1) is 0 Å². The van der Waals surface area contributed by atoms with E-state index in [4.69, 9.17) is 51.8 Å². The Morgan fingerprint density at radius 1 is 0.672 bits per heavy atom. The van der Waals surface area contributed by atoms with Gasteiger partial charge in [-0.15, -0.1) is 0 Å². The Balaban J connectivity index is 0.000000149. The Bertz CT molecular complexity index is 2360. The number of fused-ring (bicyclic) bond motifs is 6. The van der Waals surface area contributed by atoms with E-state index in [-0.39, 0.29) is 52.4 Å². The van der Waals surface area contributed by atoms with Crippen molar-refractivity contribution < 1.29 is 84.1 Å². The van der Waals surface area contributed by atoms with Crippen LogP contribution in [0.15, 0.2) is 14.9 Å². The summed E-state index contributed by atoms with van der Waals surface area (Å²) in [6.07, 6.45) is 4.94. The standard InChI is InChI=1S/2C14H20N2O6.C13H16N2O7S/c1-3-19-10(17)9-14(12(18)20-4-2)16-7-8-21-13(5-6-13)11(16)15-22-14;1-3-19-10(17)9-14(12(18)20-4-2)15-11-13(5-6-13)21-8-7-16(11)22-14;1-3-20-11(17)8-9(22-23(2,18)19)10(16)15-6-7-21-13(4-5-13)12(15)14-8/h2*3-9H2,1-2H3;3-7H2,1-2H3. The zero-order valence-electron chi connectivity index (χ0n) is 38.3. The predicted molar refractivity (Wildman–Crippen MR) is 224 cm³/mol. The quantitative estimate of drug-likeness (QED) is 0.140. The first-order valence-corrected chi connectivity index (χ1v) is 24.1. The first-order valence-electron chi connectivity index (χ1n) is 22.3. The molecule has 3 spiro atoms. The fourth-order valence-electron chi connectivity index (χ4n) is 8.12. The number of esters is 5. The summed E-state index contributed by atoms with van der Waals surface area (Å²) in [7, 11) is -4.00. The van der Waals surface area contributed by atoms with Crippen LogP contribution in [0.2, 0.25) is 0 Å². The van der Waals surface area contributed by atoms with Gasteiger partial charge >= 0.3 is 45.7 Å². The highest BCUT2D eigenvalue weighted by Gasteiger charge is 2.65. The lowest BCUT2D eigenvalue weighted by Gasteiger charge is -2.39. The van der Waals surface area contributed by atoms with Gasteiger partial charge in [0.15, 0.2) is 17.4 Å². The van der Waals surface area contributed by atoms with E-state index < -0.39 is 85.2 Å². The molecule has 370 valence electrons. The van der Waals surface area contributed by atoms with Gasteiger partial charge in [-0.3, -0.25) is 19.0 Å². The highest BCUT2D eigenvalue weighted by atomic mass is 32.2. The van der Waals surface area contributed by atoms with Crippen molar-refractivity contribution in [3.05, 3.63) is 21.9 Å². The first-order chi connectivity index (χ1) is 31.9. The fourth-order valence-corrected chi connectivity index (χ4v) is 8.57. The molecule has 25 nitrogen and oxygen atoms in total. The van der Waals surface area contributed by atoms with Crippen molar-refractivity contribution in [3.63, 3.8) is 0 Å². The molecule has 5 aliphatic heterocycles. The molecule has 0 bridgehead atoms. The van der Waals surface area contributed by atoms with Gasteiger partial charge in [0.1, 0.15) is 35.5 Å². The second-order valence-corrected chi connectivity index (χ2v) is 17.9. The van der Waals surface area contributed by atoms with Gasteiger partial charge < -0.3 is 51.8 Å². The topological polar surface area (TPSA) is 287 Å². The number of ether oxygens (including phenoxy) is 8. The number of rotatable bonds is 14. The predicted octanol–water partition coefficient (Wildman–Crippen LogP) is 0.593. The summed E-state index contributed by atoms with van der Waals surface area (Å²) in [5.41, 5.74) is -6.01. The lowest BCUT2D eigenvalue weighted by atomic mass is 10.1. The molecule has 26 heteroatoms. The van der Waals surface area contributed by atoms with Crippen LogP contribution in [0.25, 0.3) is 0 Å². The normalized spacial score (nSPS) is 24.6. The number of hydroxylamine groups is 2. The number of hydrogen-bond donors (Lipinski definition) is 0. The Morgan fingerprint density at radius 3 is 1.79 bits per heavy atom. The van der Waals surface area contributed by atoms with Crippen molar-refractivity contribution in [3.8, 4) is 5.75 Å². The van der Waals surface area contributed by atoms with E-state index in [1.54, 1.807) is 44.6 Å². The third-order valence-electron chi connectivity index (χ3n) is 11.6. The molecule has 3 saturated carbocycles. The lowest BCUT2D eigenvalue weighted by Crippen LogP contribution is -2.61. The molecule has 9 rings (SSSR count). The molecule has 0 N–H and O–H groups in total. The van der Waals surface area contributed by atoms with Crippen molar-refractivity contribution in [2.75, 3.05) is 72.2 Å². The number of hydrogen-bond acceptors (Lipinski definition) is 24. The molecule has 5 fully saturated rings. The van der Waals surface area contributed by atoms with Gasteiger partial charge in [-0.25, -0.2) is 34.3 Å². The van der Waals surface area contributed by atoms with Crippen molar-refractivity contribution in [2.45, 2.75) is 121 Å². The average Bonchev–Trinajstić information content (AvgIpc) is 4.25. The molecule has 2 saturated heterocycles. The van der Waals surface area contributed by atoms with Gasteiger partial charge in [0.2, 0.25) is 5.75 Å². The molecule has 1 aromatic heterocycles. The molecular formula is C41H56N6O19S. The third kappa shape index (κ3) is 9.94. The van der Waals surface area contributed by atoms with E-state index in [1.165, 1.54) is 4.57 Å². The number of aliphatic imine (C=N–C) groups is 1. The summed E-state index contributed by atoms with van der Waals surface area (Å²) in [4.78, 5) is 94.8. The van der Waals surface area contributed by atoms with Gasteiger partial charge in [-0.2, -0.15) is 8.42 Å². The molecule has 8 aliphatic rings. The van der Waals surface area contributed by atoms with E-state index in [1.807, 2.05) is 0 Å². The van der Waals surface area contributed by atoms with Crippen LogP contribution in [-0.4, -0.2) is 164 Å². The summed E-state index contributed by atoms with van der Waals surface area (Å²) in [6, 6.07) is 0. The molecule has 2 unspecified atom stereocenters. The third-order valence-corrected chi connectivity index (χ3v) is 12.0. The summed E-state index contributed by atoms with van der Waals surface area (Å²) in [6.45, 7) is 11.6. The van der Waals surface area contributed by atoms with Gasteiger partial charge in [0.05, 0.1) is 72.2 Å². The highest BCUT2D eigenvalue weighted by molar-refractivity contribution is 7.86. The van der Waals surface area contributed by atoms with Crippen LogP contribution in [0.4, 0.5) is 0 Å². The van der Waals surface area contributed by atoms with Crippen molar-refractivity contribution in [2.24, 2.45) is 10.1 Å². The average molecular weight is 969 g/mol. The number of nitrogens with zero attached hydrogens (tertiary/aromatic N) is 6. The Labute approximate surface area is 385 Å². The lowest BCUT2D eigenvalue weighted by molar-refractivity contribution is -0.221. The zero-order valence-corrected chi connectivity index (χ0v) is 39.1. The molecule has 0 amide bonds. The van der Waals surface area contributed by atoms with Crippen LogP contribution >= 0.6 is 0 Å². The number of carbonyl (C=O) groups excluding carboxylic acids is 5. The van der Waals surface area contributed by atoms with Crippen molar-refractivity contribution >= 4 is 51.6 Å². The monoisotopic (exact) mass is 968 g/mol. The zero-order chi connectivity index (χ0) is 48.4. The summed E-state index contributed by atoms with van der Waals surface area (Å²) in [5.74, 6) is -2.45. The maximum atomic E-state index is 12.6. The molecule has 0 radical (unpaired) electrons. The molecule has 3 aliphatic carbocycles. The Morgan fingerprint density at radius 2 is 1.21 bits per heavy atom.